The molecule has 0 fully saturated rings. The van der Waals surface area contributed by atoms with Crippen molar-refractivity contribution in [3.8, 4) is 11.4 Å². The van der Waals surface area contributed by atoms with Crippen LogP contribution >= 0.6 is 0 Å². The van der Waals surface area contributed by atoms with Gasteiger partial charge in [0.15, 0.2) is 11.6 Å². The van der Waals surface area contributed by atoms with Crippen LogP contribution < -0.4 is 14.5 Å². The first-order valence-electron chi connectivity index (χ1n) is 10.7. The predicted molar refractivity (Wildman–Crippen MR) is 128 cm³/mol. The number of likely N-dealkylation sites (N-methyl/N-ethyl adjacent to an activating group) is 1. The molecule has 1 aliphatic heterocycles. The van der Waals surface area contributed by atoms with Gasteiger partial charge in [-0.3, -0.25) is 14.5 Å². The van der Waals surface area contributed by atoms with Crippen molar-refractivity contribution in [1.29, 1.82) is 0 Å². The standard InChI is InChI=1S/C23H26N6O3S/c1-5-19-23(30)28(4)20-14-25-21(26-22(20)29(19)15(2)3)17-11-12-24-13-18(17)27-33(31,32)16-9-7-6-8-10-16/h6-15,19,27H,5H2,1-4H3/t19-/m1/s1. The lowest BCUT2D eigenvalue weighted by Gasteiger charge is -2.42. The molecule has 0 bridgehead atoms. The Bertz CT molecular complexity index is 1280. The second-order valence-electron chi connectivity index (χ2n) is 8.06. The van der Waals surface area contributed by atoms with Crippen LogP contribution in [0, 0.1) is 0 Å². The number of amides is 1. The number of nitrogens with one attached hydrogen (secondary N) is 1. The van der Waals surface area contributed by atoms with Crippen LogP contribution in [-0.2, 0) is 14.8 Å². The maximum absolute atomic E-state index is 12.9. The van der Waals surface area contributed by atoms with Gasteiger partial charge in [0.05, 0.1) is 23.0 Å². The lowest BCUT2D eigenvalue weighted by Crippen LogP contribution is -2.54. The molecular formula is C23H26N6O3S. The highest BCUT2D eigenvalue weighted by Gasteiger charge is 2.38. The van der Waals surface area contributed by atoms with Crippen molar-refractivity contribution in [2.45, 2.75) is 44.2 Å². The highest BCUT2D eigenvalue weighted by molar-refractivity contribution is 7.92. The van der Waals surface area contributed by atoms with Crippen LogP contribution in [0.15, 0.2) is 59.9 Å². The fourth-order valence-electron chi connectivity index (χ4n) is 3.98. The van der Waals surface area contributed by atoms with Gasteiger partial charge in [0, 0.05) is 24.8 Å². The van der Waals surface area contributed by atoms with Crippen LogP contribution in [0.5, 0.6) is 0 Å². The number of pyridine rings is 1. The molecule has 10 heteroatoms. The number of hydrogen-bond acceptors (Lipinski definition) is 7. The van der Waals surface area contributed by atoms with E-state index in [9.17, 15) is 13.2 Å². The number of sulfonamides is 1. The molecule has 172 valence electrons. The van der Waals surface area contributed by atoms with Crippen molar-refractivity contribution in [3.63, 3.8) is 0 Å². The number of benzene rings is 1. The molecule has 33 heavy (non-hydrogen) atoms. The second-order valence-corrected chi connectivity index (χ2v) is 9.75. The Morgan fingerprint density at radius 2 is 1.85 bits per heavy atom. The minimum absolute atomic E-state index is 0.00438. The summed E-state index contributed by atoms with van der Waals surface area (Å²) in [6.45, 7) is 6.00. The molecule has 0 unspecified atom stereocenters. The second kappa shape index (κ2) is 8.78. The summed E-state index contributed by atoms with van der Waals surface area (Å²) in [5.41, 5.74) is 1.37. The predicted octanol–water partition coefficient (Wildman–Crippen LogP) is 3.31. The van der Waals surface area contributed by atoms with Gasteiger partial charge in [-0.05, 0) is 38.5 Å². The molecule has 1 aromatic carbocycles. The molecule has 0 saturated carbocycles. The van der Waals surface area contributed by atoms with Crippen molar-refractivity contribution >= 4 is 33.1 Å². The first kappa shape index (κ1) is 22.7. The Balaban J connectivity index is 1.80. The number of hydrogen-bond donors (Lipinski definition) is 1. The van der Waals surface area contributed by atoms with Crippen LogP contribution in [0.25, 0.3) is 11.4 Å². The number of nitrogens with zero attached hydrogens (tertiary/aromatic N) is 5. The minimum atomic E-state index is -3.82. The van der Waals surface area contributed by atoms with E-state index in [4.69, 9.17) is 4.98 Å². The first-order valence-corrected chi connectivity index (χ1v) is 12.2. The smallest absolute Gasteiger partial charge is 0.261 e. The van der Waals surface area contributed by atoms with Gasteiger partial charge in [0.1, 0.15) is 11.7 Å². The third-order valence-corrected chi connectivity index (χ3v) is 6.99. The Morgan fingerprint density at radius 3 is 2.52 bits per heavy atom. The monoisotopic (exact) mass is 466 g/mol. The number of carbonyl (C=O) groups excluding carboxylic acids is 1. The van der Waals surface area contributed by atoms with E-state index in [1.54, 1.807) is 48.6 Å². The third-order valence-electron chi connectivity index (χ3n) is 5.61. The lowest BCUT2D eigenvalue weighted by molar-refractivity contribution is -0.120. The van der Waals surface area contributed by atoms with Crippen molar-refractivity contribution in [1.82, 2.24) is 15.0 Å². The van der Waals surface area contributed by atoms with Crippen LogP contribution in [0.3, 0.4) is 0 Å². The zero-order valence-corrected chi connectivity index (χ0v) is 19.7. The molecule has 4 rings (SSSR count). The van der Waals surface area contributed by atoms with Crippen molar-refractivity contribution < 1.29 is 13.2 Å². The van der Waals surface area contributed by atoms with E-state index in [2.05, 4.69) is 14.7 Å². The summed E-state index contributed by atoms with van der Waals surface area (Å²) in [5.74, 6) is 0.970. The molecule has 0 saturated heterocycles. The van der Waals surface area contributed by atoms with Gasteiger partial charge in [-0.2, -0.15) is 0 Å². The summed E-state index contributed by atoms with van der Waals surface area (Å²) < 4.78 is 28.4. The molecule has 2 aromatic heterocycles. The fourth-order valence-corrected chi connectivity index (χ4v) is 5.07. The number of rotatable bonds is 6. The highest BCUT2D eigenvalue weighted by atomic mass is 32.2. The maximum Gasteiger partial charge on any atom is 0.261 e. The fraction of sp³-hybridized carbons (Fsp3) is 0.304. The van der Waals surface area contributed by atoms with Crippen LogP contribution in [0.4, 0.5) is 17.2 Å². The van der Waals surface area contributed by atoms with E-state index >= 15 is 0 Å². The Labute approximate surface area is 193 Å². The average Bonchev–Trinajstić information content (AvgIpc) is 2.81. The van der Waals surface area contributed by atoms with E-state index < -0.39 is 10.0 Å². The summed E-state index contributed by atoms with van der Waals surface area (Å²) in [6.07, 6.45) is 5.23. The topological polar surface area (TPSA) is 108 Å². The van der Waals surface area contributed by atoms with Gasteiger partial charge < -0.3 is 9.80 Å². The van der Waals surface area contributed by atoms with E-state index in [1.165, 1.54) is 18.3 Å². The van der Waals surface area contributed by atoms with Gasteiger partial charge in [0.25, 0.3) is 10.0 Å². The number of fused-ring (bicyclic) bond motifs is 1. The maximum atomic E-state index is 12.9. The molecular weight excluding hydrogens is 440 g/mol. The average molecular weight is 467 g/mol. The SMILES string of the molecule is CC[C@@H]1C(=O)N(C)c2cnc(-c3ccncc3NS(=O)(=O)c3ccccc3)nc2N1C(C)C. The zero-order valence-electron chi connectivity index (χ0n) is 18.9. The summed E-state index contributed by atoms with van der Waals surface area (Å²) in [6, 6.07) is 9.47. The minimum Gasteiger partial charge on any atom is -0.340 e. The van der Waals surface area contributed by atoms with Crippen LogP contribution in [0.1, 0.15) is 27.2 Å². The summed E-state index contributed by atoms with van der Waals surface area (Å²) >= 11 is 0. The molecule has 9 nitrogen and oxygen atoms in total. The van der Waals surface area contributed by atoms with Crippen LogP contribution in [-0.4, -0.2) is 48.4 Å². The van der Waals surface area contributed by atoms with E-state index in [0.717, 1.165) is 0 Å². The van der Waals surface area contributed by atoms with Crippen LogP contribution in [0.2, 0.25) is 0 Å². The molecule has 1 N–H and O–H groups in total. The molecule has 3 heterocycles. The van der Waals surface area contributed by atoms with Gasteiger partial charge in [-0.25, -0.2) is 18.4 Å². The number of carbonyl (C=O) groups is 1. The Morgan fingerprint density at radius 1 is 1.12 bits per heavy atom. The Hall–Kier alpha value is -3.53. The molecule has 3 aromatic rings. The molecule has 0 spiro atoms. The molecule has 0 aliphatic carbocycles. The van der Waals surface area contributed by atoms with Gasteiger partial charge in [-0.15, -0.1) is 0 Å². The van der Waals surface area contributed by atoms with Gasteiger partial charge in [0.2, 0.25) is 5.91 Å². The summed E-state index contributed by atoms with van der Waals surface area (Å²) in [5, 5.41) is 0. The Kier molecular flexibility index (Phi) is 6.03. The van der Waals surface area contributed by atoms with E-state index in [-0.39, 0.29) is 28.6 Å². The number of aromatic nitrogens is 3. The van der Waals surface area contributed by atoms with E-state index in [1.807, 2.05) is 25.7 Å². The molecule has 1 amide bonds. The highest BCUT2D eigenvalue weighted by Crippen LogP contribution is 2.37. The van der Waals surface area contributed by atoms with Crippen molar-refractivity contribution in [2.75, 3.05) is 21.6 Å². The first-order chi connectivity index (χ1) is 15.7. The summed E-state index contributed by atoms with van der Waals surface area (Å²) in [7, 11) is -2.10. The lowest BCUT2D eigenvalue weighted by atomic mass is 10.1. The molecule has 0 radical (unpaired) electrons. The van der Waals surface area contributed by atoms with Crippen molar-refractivity contribution in [2.24, 2.45) is 0 Å². The van der Waals surface area contributed by atoms with Gasteiger partial charge >= 0.3 is 0 Å². The molecule has 1 atom stereocenters. The third kappa shape index (κ3) is 4.13. The van der Waals surface area contributed by atoms with E-state index in [0.29, 0.717) is 29.3 Å². The van der Waals surface area contributed by atoms with Crippen molar-refractivity contribution in [3.05, 3.63) is 55.0 Å². The van der Waals surface area contributed by atoms with Gasteiger partial charge in [-0.1, -0.05) is 25.1 Å². The quantitative estimate of drug-likeness (QED) is 0.594. The molecule has 1 aliphatic rings. The normalized spacial score (nSPS) is 16.2. The zero-order chi connectivity index (χ0) is 23.8. The largest absolute Gasteiger partial charge is 0.340 e. The number of anilines is 3. The summed E-state index contributed by atoms with van der Waals surface area (Å²) in [4.78, 5) is 29.9.